The quantitative estimate of drug-likeness (QED) is 0.818. The van der Waals surface area contributed by atoms with Crippen LogP contribution >= 0.6 is 11.3 Å². The largest absolute Gasteiger partial charge is 0.462 e. The lowest BCUT2D eigenvalue weighted by Gasteiger charge is -2.32. The summed E-state index contributed by atoms with van der Waals surface area (Å²) >= 11 is 1.29. The standard InChI is InChI=1S/C14H22N2O3S/c1-3-19-12(17)11-10(2)16-13(20-11)15-9-14(18)7-5-4-6-8-14/h18H,3-9H2,1-2H3,(H,15,16). The number of carbonyl (C=O) groups excluding carboxylic acids is 1. The molecule has 0 spiro atoms. The van der Waals surface area contributed by atoms with E-state index in [1.165, 1.54) is 17.8 Å². The van der Waals surface area contributed by atoms with Crippen molar-refractivity contribution in [1.82, 2.24) is 4.98 Å². The van der Waals surface area contributed by atoms with Crippen LogP contribution in [0.4, 0.5) is 5.13 Å². The van der Waals surface area contributed by atoms with Crippen molar-refractivity contribution in [3.8, 4) is 0 Å². The molecular weight excluding hydrogens is 276 g/mol. The van der Waals surface area contributed by atoms with Crippen molar-refractivity contribution in [2.24, 2.45) is 0 Å². The highest BCUT2D eigenvalue weighted by Gasteiger charge is 2.29. The molecule has 0 atom stereocenters. The lowest BCUT2D eigenvalue weighted by molar-refractivity contribution is 0.0167. The fourth-order valence-corrected chi connectivity index (χ4v) is 3.34. The highest BCUT2D eigenvalue weighted by molar-refractivity contribution is 7.17. The second-order valence-electron chi connectivity index (χ2n) is 5.29. The van der Waals surface area contributed by atoms with Gasteiger partial charge < -0.3 is 15.2 Å². The Hall–Kier alpha value is -1.14. The summed E-state index contributed by atoms with van der Waals surface area (Å²) in [7, 11) is 0. The fourth-order valence-electron chi connectivity index (χ4n) is 2.48. The number of anilines is 1. The van der Waals surface area contributed by atoms with Crippen LogP contribution in [0.3, 0.4) is 0 Å². The Morgan fingerprint density at radius 2 is 2.15 bits per heavy atom. The van der Waals surface area contributed by atoms with E-state index in [0.29, 0.717) is 28.9 Å². The summed E-state index contributed by atoms with van der Waals surface area (Å²) in [6.07, 6.45) is 5.00. The number of thiazole rings is 1. The van der Waals surface area contributed by atoms with Gasteiger partial charge in [0.1, 0.15) is 4.88 Å². The van der Waals surface area contributed by atoms with Crippen LogP contribution in [0.15, 0.2) is 0 Å². The number of hydrogen-bond donors (Lipinski definition) is 2. The third kappa shape index (κ3) is 3.70. The zero-order valence-electron chi connectivity index (χ0n) is 12.1. The number of esters is 1. The molecule has 1 saturated carbocycles. The maximum atomic E-state index is 11.7. The normalized spacial score (nSPS) is 17.8. The van der Waals surface area contributed by atoms with E-state index in [9.17, 15) is 9.90 Å². The minimum atomic E-state index is -0.637. The van der Waals surface area contributed by atoms with Crippen molar-refractivity contribution >= 4 is 22.4 Å². The number of ether oxygens (including phenoxy) is 1. The van der Waals surface area contributed by atoms with Gasteiger partial charge in [0.25, 0.3) is 0 Å². The molecule has 0 radical (unpaired) electrons. The molecule has 1 aromatic heterocycles. The molecule has 1 aromatic rings. The van der Waals surface area contributed by atoms with Crippen molar-refractivity contribution < 1.29 is 14.6 Å². The van der Waals surface area contributed by atoms with Gasteiger partial charge in [-0.15, -0.1) is 0 Å². The Morgan fingerprint density at radius 3 is 2.80 bits per heavy atom. The topological polar surface area (TPSA) is 71.5 Å². The van der Waals surface area contributed by atoms with Crippen LogP contribution in [0.5, 0.6) is 0 Å². The third-order valence-corrected chi connectivity index (χ3v) is 4.71. The second-order valence-corrected chi connectivity index (χ2v) is 6.29. The van der Waals surface area contributed by atoms with E-state index in [0.717, 1.165) is 25.7 Å². The first kappa shape index (κ1) is 15.3. The molecule has 0 unspecified atom stereocenters. The summed E-state index contributed by atoms with van der Waals surface area (Å²) in [6, 6.07) is 0. The van der Waals surface area contributed by atoms with E-state index in [1.807, 2.05) is 0 Å². The van der Waals surface area contributed by atoms with Crippen molar-refractivity contribution in [3.63, 3.8) is 0 Å². The Labute approximate surface area is 123 Å². The molecule has 2 rings (SSSR count). The molecule has 1 aliphatic rings. The van der Waals surface area contributed by atoms with E-state index in [2.05, 4.69) is 10.3 Å². The molecule has 1 fully saturated rings. The summed E-state index contributed by atoms with van der Waals surface area (Å²) in [5, 5.41) is 14.3. The molecule has 5 nitrogen and oxygen atoms in total. The fraction of sp³-hybridized carbons (Fsp3) is 0.714. The van der Waals surface area contributed by atoms with E-state index >= 15 is 0 Å². The number of hydrogen-bond acceptors (Lipinski definition) is 6. The van der Waals surface area contributed by atoms with Gasteiger partial charge in [-0.1, -0.05) is 30.6 Å². The van der Waals surface area contributed by atoms with Gasteiger partial charge in [0, 0.05) is 6.54 Å². The van der Waals surface area contributed by atoms with Gasteiger partial charge in [-0.25, -0.2) is 9.78 Å². The van der Waals surface area contributed by atoms with Crippen LogP contribution in [0, 0.1) is 6.92 Å². The van der Waals surface area contributed by atoms with Crippen molar-refractivity contribution in [1.29, 1.82) is 0 Å². The molecule has 0 saturated heterocycles. The smallest absolute Gasteiger partial charge is 0.350 e. The molecule has 0 aromatic carbocycles. The maximum absolute atomic E-state index is 11.7. The molecule has 20 heavy (non-hydrogen) atoms. The average Bonchev–Trinajstić information content (AvgIpc) is 2.79. The summed E-state index contributed by atoms with van der Waals surface area (Å²) in [6.45, 7) is 4.43. The minimum Gasteiger partial charge on any atom is -0.462 e. The first-order chi connectivity index (χ1) is 9.54. The Bertz CT molecular complexity index is 467. The van der Waals surface area contributed by atoms with Crippen molar-refractivity contribution in [2.45, 2.75) is 51.6 Å². The molecule has 2 N–H and O–H groups in total. The lowest BCUT2D eigenvalue weighted by Crippen LogP contribution is -2.38. The highest BCUT2D eigenvalue weighted by atomic mass is 32.1. The first-order valence-electron chi connectivity index (χ1n) is 7.15. The summed E-state index contributed by atoms with van der Waals surface area (Å²) in [5.74, 6) is -0.327. The molecule has 0 aliphatic heterocycles. The van der Waals surface area contributed by atoms with Gasteiger partial charge in [0.15, 0.2) is 5.13 Å². The van der Waals surface area contributed by atoms with E-state index < -0.39 is 5.60 Å². The van der Waals surface area contributed by atoms with E-state index in [4.69, 9.17) is 4.74 Å². The molecule has 112 valence electrons. The van der Waals surface area contributed by atoms with Crippen LogP contribution in [-0.2, 0) is 4.74 Å². The Morgan fingerprint density at radius 1 is 1.45 bits per heavy atom. The Balaban J connectivity index is 1.96. The summed E-state index contributed by atoms with van der Waals surface area (Å²) in [5.41, 5.74) is 0.0358. The predicted molar refractivity (Wildman–Crippen MR) is 79.3 cm³/mol. The molecular formula is C14H22N2O3S. The minimum absolute atomic E-state index is 0.327. The zero-order chi connectivity index (χ0) is 14.6. The van der Waals surface area contributed by atoms with Crippen LogP contribution in [0.1, 0.15) is 54.4 Å². The number of aromatic nitrogens is 1. The van der Waals surface area contributed by atoms with Gasteiger partial charge in [0.2, 0.25) is 0 Å². The molecule has 6 heteroatoms. The summed E-state index contributed by atoms with van der Waals surface area (Å²) in [4.78, 5) is 16.6. The molecule has 1 aliphatic carbocycles. The predicted octanol–water partition coefficient (Wildman–Crippen LogP) is 2.74. The van der Waals surface area contributed by atoms with E-state index in [-0.39, 0.29) is 5.97 Å². The van der Waals surface area contributed by atoms with Gasteiger partial charge in [0.05, 0.1) is 17.9 Å². The van der Waals surface area contributed by atoms with E-state index in [1.54, 1.807) is 13.8 Å². The van der Waals surface area contributed by atoms with Crippen LogP contribution in [0.2, 0.25) is 0 Å². The lowest BCUT2D eigenvalue weighted by atomic mass is 9.85. The number of carbonyl (C=O) groups is 1. The third-order valence-electron chi connectivity index (χ3n) is 3.61. The van der Waals surface area contributed by atoms with Crippen LogP contribution in [0.25, 0.3) is 0 Å². The van der Waals surface area contributed by atoms with Gasteiger partial charge in [-0.3, -0.25) is 0 Å². The second kappa shape index (κ2) is 6.54. The summed E-state index contributed by atoms with van der Waals surface area (Å²) < 4.78 is 4.99. The Kier molecular flexibility index (Phi) is 4.99. The number of rotatable bonds is 5. The zero-order valence-corrected chi connectivity index (χ0v) is 12.9. The average molecular weight is 298 g/mol. The highest BCUT2D eigenvalue weighted by Crippen LogP contribution is 2.29. The molecule has 0 amide bonds. The molecule has 0 bridgehead atoms. The van der Waals surface area contributed by atoms with Crippen LogP contribution < -0.4 is 5.32 Å². The number of nitrogens with zero attached hydrogens (tertiary/aromatic N) is 1. The van der Waals surface area contributed by atoms with Gasteiger partial charge >= 0.3 is 5.97 Å². The number of aliphatic hydroxyl groups is 1. The van der Waals surface area contributed by atoms with Gasteiger partial charge in [-0.05, 0) is 26.7 Å². The van der Waals surface area contributed by atoms with Crippen LogP contribution in [-0.4, -0.2) is 34.8 Å². The van der Waals surface area contributed by atoms with Crippen molar-refractivity contribution in [2.75, 3.05) is 18.5 Å². The molecule has 1 heterocycles. The maximum Gasteiger partial charge on any atom is 0.350 e. The number of aryl methyl sites for hydroxylation is 1. The SMILES string of the molecule is CCOC(=O)c1sc(NCC2(O)CCCCC2)nc1C. The van der Waals surface area contributed by atoms with Gasteiger partial charge in [-0.2, -0.15) is 0 Å². The van der Waals surface area contributed by atoms with Crippen molar-refractivity contribution in [3.05, 3.63) is 10.6 Å². The monoisotopic (exact) mass is 298 g/mol. The first-order valence-corrected chi connectivity index (χ1v) is 7.96. The number of nitrogens with one attached hydrogen (secondary N) is 1.